The van der Waals surface area contributed by atoms with Gasteiger partial charge in [-0.05, 0) is 37.6 Å². The summed E-state index contributed by atoms with van der Waals surface area (Å²) in [6.07, 6.45) is 1.73. The quantitative estimate of drug-likeness (QED) is 0.773. The zero-order valence-corrected chi connectivity index (χ0v) is 9.63. The lowest BCUT2D eigenvalue weighted by molar-refractivity contribution is 0.542. The maximum Gasteiger partial charge on any atom is 0.226 e. The Morgan fingerprint density at radius 1 is 1.29 bits per heavy atom. The summed E-state index contributed by atoms with van der Waals surface area (Å²) < 4.78 is 6.54. The monoisotopic (exact) mass is 251 g/mol. The Kier molecular flexibility index (Phi) is 2.42. The lowest BCUT2D eigenvalue weighted by Crippen LogP contribution is -1.80. The zero-order chi connectivity index (χ0) is 10.1. The molecule has 0 amide bonds. The number of nitrogens with zero attached hydrogens (tertiary/aromatic N) is 1. The van der Waals surface area contributed by atoms with Gasteiger partial charge in [0, 0.05) is 10.0 Å². The topological polar surface area (TPSA) is 26.0 Å². The van der Waals surface area contributed by atoms with E-state index < -0.39 is 0 Å². The van der Waals surface area contributed by atoms with Crippen molar-refractivity contribution in [3.63, 3.8) is 0 Å². The van der Waals surface area contributed by atoms with Gasteiger partial charge in [0.2, 0.25) is 5.89 Å². The van der Waals surface area contributed by atoms with Gasteiger partial charge in [-0.15, -0.1) is 0 Å². The minimum absolute atomic E-state index is 0.679. The number of aromatic nitrogens is 1. The third-order valence-electron chi connectivity index (χ3n) is 2.03. The molecule has 0 N–H and O–H groups in total. The predicted octanol–water partition coefficient (Wildman–Crippen LogP) is 3.72. The van der Waals surface area contributed by atoms with E-state index in [4.69, 9.17) is 4.42 Å². The first-order valence-corrected chi connectivity index (χ1v) is 5.15. The second-order valence-electron chi connectivity index (χ2n) is 3.24. The number of halogens is 1. The molecule has 3 heteroatoms. The molecule has 0 atom stereocenters. The smallest absolute Gasteiger partial charge is 0.226 e. The largest absolute Gasteiger partial charge is 0.441 e. The first kappa shape index (κ1) is 9.46. The number of hydrogen-bond donors (Lipinski definition) is 0. The molecule has 1 heterocycles. The highest BCUT2D eigenvalue weighted by molar-refractivity contribution is 9.10. The standard InChI is InChI=1S/C11H10BrNO/c1-7-5-9(3-4-10(7)12)11-13-6-8(2)14-11/h3-6H,1-2H3. The average Bonchev–Trinajstić information content (AvgIpc) is 2.57. The van der Waals surface area contributed by atoms with Gasteiger partial charge in [-0.1, -0.05) is 15.9 Å². The molecule has 0 spiro atoms. The minimum atomic E-state index is 0.679. The molecule has 2 nitrogen and oxygen atoms in total. The van der Waals surface area contributed by atoms with Crippen LogP contribution in [0, 0.1) is 13.8 Å². The molecule has 0 aliphatic rings. The van der Waals surface area contributed by atoms with Crippen molar-refractivity contribution in [2.24, 2.45) is 0 Å². The van der Waals surface area contributed by atoms with Crippen molar-refractivity contribution in [2.75, 3.05) is 0 Å². The predicted molar refractivity (Wildman–Crippen MR) is 59.1 cm³/mol. The van der Waals surface area contributed by atoms with E-state index in [1.165, 1.54) is 5.56 Å². The summed E-state index contributed by atoms with van der Waals surface area (Å²) in [5.74, 6) is 1.51. The van der Waals surface area contributed by atoms with E-state index in [0.29, 0.717) is 5.89 Å². The Morgan fingerprint density at radius 2 is 2.07 bits per heavy atom. The van der Waals surface area contributed by atoms with Crippen molar-refractivity contribution >= 4 is 15.9 Å². The van der Waals surface area contributed by atoms with Crippen molar-refractivity contribution in [2.45, 2.75) is 13.8 Å². The molecule has 0 radical (unpaired) electrons. The highest BCUT2D eigenvalue weighted by Crippen LogP contribution is 2.24. The van der Waals surface area contributed by atoms with E-state index in [0.717, 1.165) is 15.8 Å². The molecule has 0 saturated heterocycles. The molecule has 0 aliphatic carbocycles. The summed E-state index contributed by atoms with van der Waals surface area (Å²) >= 11 is 3.46. The third-order valence-corrected chi connectivity index (χ3v) is 2.92. The third kappa shape index (κ3) is 1.73. The van der Waals surface area contributed by atoms with Gasteiger partial charge in [-0.3, -0.25) is 0 Å². The Hall–Kier alpha value is -1.09. The van der Waals surface area contributed by atoms with E-state index in [1.807, 2.05) is 26.0 Å². The van der Waals surface area contributed by atoms with E-state index >= 15 is 0 Å². The van der Waals surface area contributed by atoms with Crippen molar-refractivity contribution in [3.05, 3.63) is 40.2 Å². The van der Waals surface area contributed by atoms with Gasteiger partial charge < -0.3 is 4.42 Å². The van der Waals surface area contributed by atoms with Crippen LogP contribution in [-0.4, -0.2) is 4.98 Å². The summed E-state index contributed by atoms with van der Waals surface area (Å²) in [6.45, 7) is 3.94. The maximum atomic E-state index is 5.44. The average molecular weight is 252 g/mol. The SMILES string of the molecule is Cc1cnc(-c2ccc(Br)c(C)c2)o1. The fourth-order valence-corrected chi connectivity index (χ4v) is 1.51. The number of hydrogen-bond acceptors (Lipinski definition) is 2. The van der Waals surface area contributed by atoms with Crippen LogP contribution >= 0.6 is 15.9 Å². The van der Waals surface area contributed by atoms with Gasteiger partial charge >= 0.3 is 0 Å². The lowest BCUT2D eigenvalue weighted by Gasteiger charge is -1.99. The van der Waals surface area contributed by atoms with Crippen LogP contribution in [0.2, 0.25) is 0 Å². The van der Waals surface area contributed by atoms with E-state index in [-0.39, 0.29) is 0 Å². The molecule has 1 aromatic heterocycles. The van der Waals surface area contributed by atoms with Gasteiger partial charge in [0.15, 0.2) is 0 Å². The van der Waals surface area contributed by atoms with Crippen LogP contribution in [0.3, 0.4) is 0 Å². The van der Waals surface area contributed by atoms with Gasteiger partial charge in [0.05, 0.1) is 6.20 Å². The first-order chi connectivity index (χ1) is 6.66. The molecule has 0 saturated carbocycles. The van der Waals surface area contributed by atoms with Crippen LogP contribution in [-0.2, 0) is 0 Å². The number of rotatable bonds is 1. The minimum Gasteiger partial charge on any atom is -0.441 e. The van der Waals surface area contributed by atoms with Gasteiger partial charge in [0.25, 0.3) is 0 Å². The number of benzene rings is 1. The van der Waals surface area contributed by atoms with Crippen LogP contribution in [0.4, 0.5) is 0 Å². The number of aryl methyl sites for hydroxylation is 2. The summed E-state index contributed by atoms with van der Waals surface area (Å²) in [7, 11) is 0. The second kappa shape index (κ2) is 3.58. The molecule has 0 unspecified atom stereocenters. The Morgan fingerprint density at radius 3 is 2.64 bits per heavy atom. The molecule has 72 valence electrons. The first-order valence-electron chi connectivity index (χ1n) is 4.36. The second-order valence-corrected chi connectivity index (χ2v) is 4.09. The molecule has 1 aromatic carbocycles. The van der Waals surface area contributed by atoms with Crippen molar-refractivity contribution in [1.29, 1.82) is 0 Å². The number of oxazole rings is 1. The van der Waals surface area contributed by atoms with Gasteiger partial charge in [-0.25, -0.2) is 4.98 Å². The van der Waals surface area contributed by atoms with E-state index in [9.17, 15) is 0 Å². The molecule has 14 heavy (non-hydrogen) atoms. The Balaban J connectivity index is 2.47. The van der Waals surface area contributed by atoms with Crippen LogP contribution in [0.15, 0.2) is 33.3 Å². The van der Waals surface area contributed by atoms with Crippen LogP contribution in [0.25, 0.3) is 11.5 Å². The van der Waals surface area contributed by atoms with Gasteiger partial charge in [0.1, 0.15) is 5.76 Å². The Labute approximate surface area is 91.1 Å². The van der Waals surface area contributed by atoms with Crippen molar-refractivity contribution in [1.82, 2.24) is 4.98 Å². The molecule has 2 rings (SSSR count). The molecule has 0 bridgehead atoms. The van der Waals surface area contributed by atoms with Crippen LogP contribution < -0.4 is 0 Å². The highest BCUT2D eigenvalue weighted by Gasteiger charge is 2.05. The summed E-state index contributed by atoms with van der Waals surface area (Å²) in [6, 6.07) is 6.04. The normalized spacial score (nSPS) is 10.5. The fourth-order valence-electron chi connectivity index (χ4n) is 1.27. The molecule has 0 aliphatic heterocycles. The molecule has 2 aromatic rings. The van der Waals surface area contributed by atoms with Gasteiger partial charge in [-0.2, -0.15) is 0 Å². The summed E-state index contributed by atoms with van der Waals surface area (Å²) in [4.78, 5) is 4.17. The fraction of sp³-hybridized carbons (Fsp3) is 0.182. The molecular formula is C11H10BrNO. The Bertz CT molecular complexity index is 462. The summed E-state index contributed by atoms with van der Waals surface area (Å²) in [5.41, 5.74) is 2.19. The lowest BCUT2D eigenvalue weighted by atomic mass is 10.1. The zero-order valence-electron chi connectivity index (χ0n) is 8.04. The van der Waals surface area contributed by atoms with E-state index in [2.05, 4.69) is 27.0 Å². The van der Waals surface area contributed by atoms with Crippen LogP contribution in [0.1, 0.15) is 11.3 Å². The summed E-state index contributed by atoms with van der Waals surface area (Å²) in [5, 5.41) is 0. The van der Waals surface area contributed by atoms with Crippen molar-refractivity contribution in [3.8, 4) is 11.5 Å². The van der Waals surface area contributed by atoms with Crippen LogP contribution in [0.5, 0.6) is 0 Å². The maximum absolute atomic E-state index is 5.44. The highest BCUT2D eigenvalue weighted by atomic mass is 79.9. The molecule has 0 fully saturated rings. The molecular weight excluding hydrogens is 242 g/mol. The van der Waals surface area contributed by atoms with E-state index in [1.54, 1.807) is 6.20 Å². The van der Waals surface area contributed by atoms with Crippen molar-refractivity contribution < 1.29 is 4.42 Å².